The Balaban J connectivity index is 1.40. The molecule has 0 unspecified atom stereocenters. The number of piperazine rings is 1. The number of hydrogen-bond donors (Lipinski definition) is 0. The monoisotopic (exact) mass is 340 g/mol. The number of aryl methyl sites for hydroxylation is 2. The van der Waals surface area contributed by atoms with Crippen molar-refractivity contribution in [3.8, 4) is 5.82 Å². The number of amides is 1. The number of rotatable bonds is 3. The third-order valence-electron chi connectivity index (χ3n) is 5.23. The smallest absolute Gasteiger partial charge is 0.225 e. The maximum atomic E-state index is 12.3. The number of hydrogen-bond acceptors (Lipinski definition) is 5. The summed E-state index contributed by atoms with van der Waals surface area (Å²) in [6.07, 6.45) is 3.34. The van der Waals surface area contributed by atoms with Gasteiger partial charge in [-0.2, -0.15) is 5.10 Å². The molecule has 3 heterocycles. The molecule has 0 atom stereocenters. The lowest BCUT2D eigenvalue weighted by molar-refractivity contribution is -0.138. The molecule has 1 amide bonds. The molecule has 0 aromatic carbocycles. The zero-order chi connectivity index (χ0) is 17.4. The van der Waals surface area contributed by atoms with Crippen LogP contribution in [-0.4, -0.2) is 57.0 Å². The summed E-state index contributed by atoms with van der Waals surface area (Å²) in [6.45, 7) is 7.15. The number of anilines is 1. The summed E-state index contributed by atoms with van der Waals surface area (Å²) in [5.74, 6) is 2.22. The van der Waals surface area contributed by atoms with Gasteiger partial charge in [-0.15, -0.1) is 10.2 Å². The molecule has 7 heteroatoms. The molecule has 2 fully saturated rings. The van der Waals surface area contributed by atoms with Crippen LogP contribution in [0.15, 0.2) is 18.2 Å². The van der Waals surface area contributed by atoms with Crippen molar-refractivity contribution in [2.24, 2.45) is 5.92 Å². The molecular weight excluding hydrogens is 316 g/mol. The van der Waals surface area contributed by atoms with Gasteiger partial charge in [0.25, 0.3) is 0 Å². The summed E-state index contributed by atoms with van der Waals surface area (Å²) in [5, 5.41) is 13.1. The summed E-state index contributed by atoms with van der Waals surface area (Å²) in [4.78, 5) is 16.5. The number of aromatic nitrogens is 4. The van der Waals surface area contributed by atoms with Crippen LogP contribution < -0.4 is 4.90 Å². The number of carbonyl (C=O) groups is 1. The first-order valence-corrected chi connectivity index (χ1v) is 9.03. The average molecular weight is 340 g/mol. The van der Waals surface area contributed by atoms with E-state index in [2.05, 4.69) is 20.2 Å². The SMILES string of the molecule is Cc1cc(C)n(-c2ccc(N3CCN(C(=O)C4CCC4)CC3)nn2)n1. The zero-order valence-corrected chi connectivity index (χ0v) is 14.9. The Morgan fingerprint density at radius 3 is 2.24 bits per heavy atom. The Bertz CT molecular complexity index is 756. The fourth-order valence-corrected chi connectivity index (χ4v) is 3.53. The second kappa shape index (κ2) is 6.46. The van der Waals surface area contributed by atoms with Gasteiger partial charge in [-0.25, -0.2) is 4.68 Å². The molecule has 7 nitrogen and oxygen atoms in total. The minimum atomic E-state index is 0.284. The topological polar surface area (TPSA) is 67.2 Å². The van der Waals surface area contributed by atoms with E-state index < -0.39 is 0 Å². The predicted molar refractivity (Wildman–Crippen MR) is 94.8 cm³/mol. The van der Waals surface area contributed by atoms with Crippen LogP contribution in [0.25, 0.3) is 5.82 Å². The van der Waals surface area contributed by atoms with Gasteiger partial charge in [0, 0.05) is 37.8 Å². The van der Waals surface area contributed by atoms with Gasteiger partial charge >= 0.3 is 0 Å². The van der Waals surface area contributed by atoms with Crippen molar-refractivity contribution in [1.29, 1.82) is 0 Å². The molecule has 1 aliphatic heterocycles. The van der Waals surface area contributed by atoms with Gasteiger partial charge in [-0.1, -0.05) is 6.42 Å². The quantitative estimate of drug-likeness (QED) is 0.851. The summed E-state index contributed by atoms with van der Waals surface area (Å²) < 4.78 is 1.81. The number of nitrogens with zero attached hydrogens (tertiary/aromatic N) is 6. The molecule has 2 aromatic rings. The van der Waals surface area contributed by atoms with Crippen molar-refractivity contribution < 1.29 is 4.79 Å². The molecule has 0 radical (unpaired) electrons. The average Bonchev–Trinajstić information content (AvgIpc) is 2.92. The lowest BCUT2D eigenvalue weighted by Gasteiger charge is -2.38. The van der Waals surface area contributed by atoms with E-state index in [0.717, 1.165) is 62.0 Å². The number of carbonyl (C=O) groups excluding carboxylic acids is 1. The van der Waals surface area contributed by atoms with Gasteiger partial charge in [0.15, 0.2) is 11.6 Å². The van der Waals surface area contributed by atoms with Gasteiger partial charge < -0.3 is 9.80 Å². The van der Waals surface area contributed by atoms with E-state index in [0.29, 0.717) is 5.91 Å². The molecule has 0 N–H and O–H groups in total. The van der Waals surface area contributed by atoms with Gasteiger partial charge in [-0.3, -0.25) is 4.79 Å². The van der Waals surface area contributed by atoms with E-state index in [1.54, 1.807) is 4.68 Å². The van der Waals surface area contributed by atoms with Crippen molar-refractivity contribution in [2.75, 3.05) is 31.1 Å². The molecule has 1 saturated carbocycles. The summed E-state index contributed by atoms with van der Waals surface area (Å²) in [7, 11) is 0. The minimum absolute atomic E-state index is 0.284. The van der Waals surface area contributed by atoms with Crippen LogP contribution in [0.2, 0.25) is 0 Å². The third kappa shape index (κ3) is 3.10. The molecule has 2 aromatic heterocycles. The van der Waals surface area contributed by atoms with E-state index in [1.165, 1.54) is 6.42 Å². The first-order valence-electron chi connectivity index (χ1n) is 9.03. The second-order valence-electron chi connectivity index (χ2n) is 7.03. The van der Waals surface area contributed by atoms with E-state index in [4.69, 9.17) is 0 Å². The molecule has 4 rings (SSSR count). The van der Waals surface area contributed by atoms with Crippen LogP contribution in [0.5, 0.6) is 0 Å². The van der Waals surface area contributed by atoms with Crippen molar-refractivity contribution in [2.45, 2.75) is 33.1 Å². The van der Waals surface area contributed by atoms with E-state index in [9.17, 15) is 4.79 Å². The van der Waals surface area contributed by atoms with Crippen molar-refractivity contribution in [3.05, 3.63) is 29.6 Å². The Morgan fingerprint density at radius 1 is 1.04 bits per heavy atom. The van der Waals surface area contributed by atoms with Gasteiger partial charge in [0.05, 0.1) is 5.69 Å². The van der Waals surface area contributed by atoms with Gasteiger partial charge in [0.1, 0.15) is 0 Å². The Morgan fingerprint density at radius 2 is 1.72 bits per heavy atom. The Hall–Kier alpha value is -2.44. The highest BCUT2D eigenvalue weighted by molar-refractivity contribution is 5.79. The van der Waals surface area contributed by atoms with Crippen LogP contribution in [0, 0.1) is 19.8 Å². The first kappa shape index (κ1) is 16.1. The van der Waals surface area contributed by atoms with Gasteiger partial charge in [-0.05, 0) is 44.9 Å². The zero-order valence-electron chi connectivity index (χ0n) is 14.9. The normalized spacial score (nSPS) is 18.3. The predicted octanol–water partition coefficient (Wildman–Crippen LogP) is 1.73. The lowest BCUT2D eigenvalue weighted by atomic mass is 9.84. The van der Waals surface area contributed by atoms with Crippen LogP contribution in [-0.2, 0) is 4.79 Å². The first-order chi connectivity index (χ1) is 12.1. The van der Waals surface area contributed by atoms with Crippen molar-refractivity contribution >= 4 is 11.7 Å². The van der Waals surface area contributed by atoms with Crippen LogP contribution in [0.1, 0.15) is 30.7 Å². The highest BCUT2D eigenvalue weighted by Crippen LogP contribution is 2.28. The van der Waals surface area contributed by atoms with E-state index >= 15 is 0 Å². The van der Waals surface area contributed by atoms with Crippen LogP contribution in [0.4, 0.5) is 5.82 Å². The van der Waals surface area contributed by atoms with E-state index in [1.807, 2.05) is 36.9 Å². The molecule has 1 saturated heterocycles. The standard InChI is InChI=1S/C18H24N6O/c1-13-12-14(2)24(21-13)17-7-6-16(19-20-17)22-8-10-23(11-9-22)18(25)15-4-3-5-15/h6-7,12,15H,3-5,8-11H2,1-2H3. The largest absolute Gasteiger partial charge is 0.352 e. The summed E-state index contributed by atoms with van der Waals surface area (Å²) >= 11 is 0. The molecule has 25 heavy (non-hydrogen) atoms. The fourth-order valence-electron chi connectivity index (χ4n) is 3.53. The molecule has 2 aliphatic rings. The van der Waals surface area contributed by atoms with Crippen LogP contribution in [0.3, 0.4) is 0 Å². The highest BCUT2D eigenvalue weighted by atomic mass is 16.2. The molecule has 0 spiro atoms. The van der Waals surface area contributed by atoms with Crippen molar-refractivity contribution in [3.63, 3.8) is 0 Å². The fraction of sp³-hybridized carbons (Fsp3) is 0.556. The summed E-state index contributed by atoms with van der Waals surface area (Å²) in [5.41, 5.74) is 2.01. The lowest BCUT2D eigenvalue weighted by Crippen LogP contribution is -2.51. The maximum absolute atomic E-state index is 12.3. The third-order valence-corrected chi connectivity index (χ3v) is 5.23. The summed E-state index contributed by atoms with van der Waals surface area (Å²) in [6, 6.07) is 5.96. The maximum Gasteiger partial charge on any atom is 0.225 e. The molecule has 0 bridgehead atoms. The van der Waals surface area contributed by atoms with E-state index in [-0.39, 0.29) is 5.92 Å². The van der Waals surface area contributed by atoms with Crippen molar-refractivity contribution in [1.82, 2.24) is 24.9 Å². The Labute approximate surface area is 147 Å². The molecular formula is C18H24N6O. The second-order valence-corrected chi connectivity index (χ2v) is 7.03. The highest BCUT2D eigenvalue weighted by Gasteiger charge is 2.31. The minimum Gasteiger partial charge on any atom is -0.352 e. The molecule has 1 aliphatic carbocycles. The Kier molecular flexibility index (Phi) is 4.15. The molecule has 132 valence electrons. The van der Waals surface area contributed by atoms with Crippen LogP contribution >= 0.6 is 0 Å². The van der Waals surface area contributed by atoms with Gasteiger partial charge in [0.2, 0.25) is 5.91 Å².